The van der Waals surface area contributed by atoms with E-state index in [0.29, 0.717) is 16.7 Å². The lowest BCUT2D eigenvalue weighted by molar-refractivity contribution is -0.136. The van der Waals surface area contributed by atoms with E-state index in [4.69, 9.17) is 5.21 Å². The first-order chi connectivity index (χ1) is 15.9. The maximum Gasteiger partial charge on any atom is 0.282 e. The molecule has 2 aromatic carbocycles. The minimum Gasteiger partial charge on any atom is -0.348 e. The van der Waals surface area contributed by atoms with Gasteiger partial charge in [0.2, 0.25) is 5.67 Å². The molecule has 1 fully saturated rings. The summed E-state index contributed by atoms with van der Waals surface area (Å²) in [6.07, 6.45) is 2.13. The zero-order valence-electron chi connectivity index (χ0n) is 19.6. The molecular formula is C26H34FN3O3. The number of halogens is 1. The molecule has 0 saturated heterocycles. The lowest BCUT2D eigenvalue weighted by Crippen LogP contribution is -2.42. The average Bonchev–Trinajstić information content (AvgIpc) is 3.46. The Hall–Kier alpha value is -2.77. The molecule has 7 heteroatoms. The normalized spacial score (nSPS) is 22.6. The molecule has 0 radical (unpaired) electrons. The standard InChI is InChI=1S/C26H34FN3O3/c1-4-15-30(16-5-2)17-18(3)28-24(31)21-13-11-20(12-14-21)23-22(19-9-7-6-8-10-19)26(23,27)25(32)29-33/h6-14,18,22-23,33H,4-5,15-17H2,1-3H3,(H,28,31)(H,29,32)/t18-,22+,23+,26-/m0/s1. The highest BCUT2D eigenvalue weighted by Crippen LogP contribution is 2.66. The van der Waals surface area contributed by atoms with E-state index in [0.717, 1.165) is 32.5 Å². The molecule has 0 aliphatic heterocycles. The predicted octanol–water partition coefficient (Wildman–Crippen LogP) is 4.02. The fourth-order valence-corrected chi connectivity index (χ4v) is 4.76. The lowest BCUT2D eigenvalue weighted by atomic mass is 10.0. The highest BCUT2D eigenvalue weighted by molar-refractivity contribution is 5.95. The van der Waals surface area contributed by atoms with Crippen molar-refractivity contribution in [3.63, 3.8) is 0 Å². The minimum atomic E-state index is -2.24. The maximum atomic E-state index is 15.6. The molecule has 0 spiro atoms. The number of carbonyl (C=O) groups is 2. The smallest absolute Gasteiger partial charge is 0.282 e. The van der Waals surface area contributed by atoms with Crippen LogP contribution in [-0.4, -0.2) is 53.3 Å². The van der Waals surface area contributed by atoms with Gasteiger partial charge in [-0.3, -0.25) is 14.8 Å². The average molecular weight is 456 g/mol. The summed E-state index contributed by atoms with van der Waals surface area (Å²) in [5, 5.41) is 12.1. The second-order valence-electron chi connectivity index (χ2n) is 8.87. The number of hydrogen-bond donors (Lipinski definition) is 3. The van der Waals surface area contributed by atoms with Crippen LogP contribution in [0.5, 0.6) is 0 Å². The Kier molecular flexibility index (Phi) is 8.21. The zero-order valence-corrected chi connectivity index (χ0v) is 19.6. The van der Waals surface area contributed by atoms with Gasteiger partial charge in [0.15, 0.2) is 0 Å². The SMILES string of the molecule is CCCN(CCC)C[C@H](C)NC(=O)c1ccc([C@@H]2[C@@H](c3ccccc3)[C@@]2(F)C(=O)NO)cc1. The van der Waals surface area contributed by atoms with Crippen molar-refractivity contribution < 1.29 is 19.2 Å². The molecule has 3 rings (SSSR count). The number of nitrogens with one attached hydrogen (secondary N) is 2. The van der Waals surface area contributed by atoms with Crippen LogP contribution in [-0.2, 0) is 4.79 Å². The minimum absolute atomic E-state index is 0.00656. The largest absolute Gasteiger partial charge is 0.348 e. The highest BCUT2D eigenvalue weighted by atomic mass is 19.1. The van der Waals surface area contributed by atoms with E-state index in [1.807, 2.05) is 13.0 Å². The fourth-order valence-electron chi connectivity index (χ4n) is 4.76. The third-order valence-corrected chi connectivity index (χ3v) is 6.26. The third kappa shape index (κ3) is 5.42. The second-order valence-corrected chi connectivity index (χ2v) is 8.87. The molecule has 0 heterocycles. The summed E-state index contributed by atoms with van der Waals surface area (Å²) in [5.41, 5.74) is 1.01. The van der Waals surface area contributed by atoms with Gasteiger partial charge in [0.1, 0.15) is 0 Å². The zero-order chi connectivity index (χ0) is 24.0. The molecule has 0 aromatic heterocycles. The first-order valence-corrected chi connectivity index (χ1v) is 11.7. The molecule has 1 aliphatic rings. The first kappa shape index (κ1) is 24.9. The number of carbonyl (C=O) groups excluding carboxylic acids is 2. The summed E-state index contributed by atoms with van der Waals surface area (Å²) in [4.78, 5) is 27.2. The molecule has 3 N–H and O–H groups in total. The first-order valence-electron chi connectivity index (χ1n) is 11.7. The quantitative estimate of drug-likeness (QED) is 0.353. The van der Waals surface area contributed by atoms with Gasteiger partial charge in [0.05, 0.1) is 0 Å². The topological polar surface area (TPSA) is 81.7 Å². The molecular weight excluding hydrogens is 421 g/mol. The Morgan fingerprint density at radius 2 is 1.55 bits per heavy atom. The number of rotatable bonds is 11. The number of hydroxylamine groups is 1. The molecule has 1 aliphatic carbocycles. The van der Waals surface area contributed by atoms with Gasteiger partial charge >= 0.3 is 0 Å². The number of benzene rings is 2. The van der Waals surface area contributed by atoms with Crippen molar-refractivity contribution in [1.29, 1.82) is 0 Å². The van der Waals surface area contributed by atoms with Crippen molar-refractivity contribution in [2.45, 2.75) is 57.2 Å². The van der Waals surface area contributed by atoms with Crippen molar-refractivity contribution in [1.82, 2.24) is 15.7 Å². The molecule has 1 saturated carbocycles. The number of alkyl halides is 1. The molecule has 2 aromatic rings. The number of nitrogens with zero attached hydrogens (tertiary/aromatic N) is 1. The molecule has 0 unspecified atom stereocenters. The molecule has 2 amide bonds. The van der Waals surface area contributed by atoms with Crippen molar-refractivity contribution in [2.75, 3.05) is 19.6 Å². The van der Waals surface area contributed by atoms with Gasteiger partial charge in [0, 0.05) is 30.0 Å². The van der Waals surface area contributed by atoms with Crippen molar-refractivity contribution >= 4 is 11.8 Å². The van der Waals surface area contributed by atoms with Crippen molar-refractivity contribution in [2.24, 2.45) is 0 Å². The van der Waals surface area contributed by atoms with Crippen LogP contribution in [0.1, 0.15) is 66.9 Å². The summed E-state index contributed by atoms with van der Waals surface area (Å²) in [7, 11) is 0. The molecule has 4 atom stereocenters. The van der Waals surface area contributed by atoms with Crippen LogP contribution < -0.4 is 10.8 Å². The fraction of sp³-hybridized carbons (Fsp3) is 0.462. The Morgan fingerprint density at radius 3 is 2.06 bits per heavy atom. The summed E-state index contributed by atoms with van der Waals surface area (Å²) < 4.78 is 15.6. The van der Waals surface area contributed by atoms with E-state index in [2.05, 4.69) is 24.1 Å². The van der Waals surface area contributed by atoms with Gasteiger partial charge in [-0.1, -0.05) is 56.3 Å². The van der Waals surface area contributed by atoms with Gasteiger partial charge in [-0.15, -0.1) is 0 Å². The van der Waals surface area contributed by atoms with Gasteiger partial charge in [-0.2, -0.15) is 0 Å². The Balaban J connectivity index is 1.70. The van der Waals surface area contributed by atoms with E-state index < -0.39 is 23.4 Å². The van der Waals surface area contributed by atoms with E-state index in [-0.39, 0.29) is 11.9 Å². The van der Waals surface area contributed by atoms with Crippen LogP contribution in [0.15, 0.2) is 54.6 Å². The summed E-state index contributed by atoms with van der Waals surface area (Å²) in [6.45, 7) is 9.06. The Labute approximate surface area is 195 Å². The van der Waals surface area contributed by atoms with Crippen LogP contribution in [0.4, 0.5) is 4.39 Å². The van der Waals surface area contributed by atoms with E-state index in [1.54, 1.807) is 48.5 Å². The van der Waals surface area contributed by atoms with Crippen LogP contribution in [0.3, 0.4) is 0 Å². The van der Waals surface area contributed by atoms with Gasteiger partial charge < -0.3 is 10.2 Å². The summed E-state index contributed by atoms with van der Waals surface area (Å²) >= 11 is 0. The summed E-state index contributed by atoms with van der Waals surface area (Å²) in [6, 6.07) is 15.6. The van der Waals surface area contributed by atoms with E-state index in [1.165, 1.54) is 5.48 Å². The Morgan fingerprint density at radius 1 is 1.00 bits per heavy atom. The van der Waals surface area contributed by atoms with E-state index in [9.17, 15) is 9.59 Å². The van der Waals surface area contributed by atoms with Crippen LogP contribution in [0.2, 0.25) is 0 Å². The summed E-state index contributed by atoms with van der Waals surface area (Å²) in [5.74, 6) is -2.67. The van der Waals surface area contributed by atoms with Crippen molar-refractivity contribution in [3.05, 3.63) is 71.3 Å². The predicted molar refractivity (Wildman–Crippen MR) is 126 cm³/mol. The Bertz CT molecular complexity index is 932. The van der Waals surface area contributed by atoms with Gasteiger partial charge in [0.25, 0.3) is 11.8 Å². The lowest BCUT2D eigenvalue weighted by Gasteiger charge is -2.25. The maximum absolute atomic E-state index is 15.6. The number of hydrogen-bond acceptors (Lipinski definition) is 4. The molecule has 178 valence electrons. The van der Waals surface area contributed by atoms with Crippen LogP contribution in [0, 0.1) is 0 Å². The molecule has 33 heavy (non-hydrogen) atoms. The third-order valence-electron chi connectivity index (χ3n) is 6.26. The van der Waals surface area contributed by atoms with E-state index >= 15 is 4.39 Å². The van der Waals surface area contributed by atoms with Gasteiger partial charge in [-0.05, 0) is 56.1 Å². The second kappa shape index (κ2) is 10.9. The van der Waals surface area contributed by atoms with Crippen LogP contribution in [0.25, 0.3) is 0 Å². The number of amides is 2. The monoisotopic (exact) mass is 455 g/mol. The van der Waals surface area contributed by atoms with Gasteiger partial charge in [-0.25, -0.2) is 9.87 Å². The highest BCUT2D eigenvalue weighted by Gasteiger charge is 2.72. The molecule has 0 bridgehead atoms. The van der Waals surface area contributed by atoms with Crippen molar-refractivity contribution in [3.8, 4) is 0 Å². The molecule has 6 nitrogen and oxygen atoms in total. The van der Waals surface area contributed by atoms with Crippen LogP contribution >= 0.6 is 0 Å².